The van der Waals surface area contributed by atoms with Crippen LogP contribution in [0.15, 0.2) is 24.3 Å². The Morgan fingerprint density at radius 1 is 1.50 bits per heavy atom. The molecule has 1 atom stereocenters. The smallest absolute Gasteiger partial charge is 0.338 e. The van der Waals surface area contributed by atoms with Crippen molar-refractivity contribution in [2.75, 3.05) is 12.4 Å². The minimum atomic E-state index is -0.211. The molecule has 0 bridgehead atoms. The quantitative estimate of drug-likeness (QED) is 0.563. The van der Waals surface area contributed by atoms with E-state index in [2.05, 4.69) is 0 Å². The van der Waals surface area contributed by atoms with Crippen LogP contribution < -0.4 is 0 Å². The highest BCUT2D eigenvalue weighted by molar-refractivity contribution is 8.06. The van der Waals surface area contributed by atoms with Gasteiger partial charge in [-0.05, 0) is 19.1 Å². The van der Waals surface area contributed by atoms with E-state index >= 15 is 0 Å². The normalized spacial score (nSPS) is 19.1. The molecule has 0 radical (unpaired) electrons. The molecule has 1 aliphatic heterocycles. The first-order chi connectivity index (χ1) is 6.75. The van der Waals surface area contributed by atoms with Gasteiger partial charge in [0.2, 0.25) is 0 Å². The van der Waals surface area contributed by atoms with Gasteiger partial charge < -0.3 is 4.74 Å². The highest BCUT2D eigenvalue weighted by atomic mass is 32.2. The topological polar surface area (TPSA) is 26.3 Å². The fourth-order valence-electron chi connectivity index (χ4n) is 1.11. The van der Waals surface area contributed by atoms with Crippen molar-refractivity contribution >= 4 is 17.7 Å². The Bertz CT molecular complexity index is 328. The molecule has 1 aromatic carbocycles. The number of ether oxygens (including phenoxy) is 1. The molecule has 1 fully saturated rings. The molecule has 0 spiro atoms. The van der Waals surface area contributed by atoms with Gasteiger partial charge in [0.25, 0.3) is 0 Å². The molecule has 14 heavy (non-hydrogen) atoms. The van der Waals surface area contributed by atoms with E-state index in [1.165, 1.54) is 0 Å². The monoisotopic (exact) mass is 208 g/mol. The van der Waals surface area contributed by atoms with Gasteiger partial charge in [0.1, 0.15) is 6.61 Å². The average molecular weight is 208 g/mol. The summed E-state index contributed by atoms with van der Waals surface area (Å²) in [7, 11) is 0. The molecule has 0 aromatic heterocycles. The Morgan fingerprint density at radius 2 is 2.14 bits per heavy atom. The van der Waals surface area contributed by atoms with E-state index in [0.717, 1.165) is 11.3 Å². The van der Waals surface area contributed by atoms with Crippen molar-refractivity contribution in [3.8, 4) is 0 Å². The first-order valence-electron chi connectivity index (χ1n) is 4.61. The van der Waals surface area contributed by atoms with Crippen LogP contribution in [0.1, 0.15) is 15.9 Å². The van der Waals surface area contributed by atoms with Gasteiger partial charge >= 0.3 is 5.97 Å². The van der Waals surface area contributed by atoms with E-state index in [4.69, 9.17) is 4.74 Å². The standard InChI is InChI=1S/C11H12O2S/c1-8-2-4-9(5-3-8)11(12)13-6-10-7-14-10/h2-5,10H,6-7H2,1H3. The number of esters is 1. The third kappa shape index (κ3) is 2.51. The third-order valence-electron chi connectivity index (χ3n) is 2.09. The number of carbonyl (C=O) groups is 1. The minimum Gasteiger partial charge on any atom is -0.461 e. The average Bonchev–Trinajstić information content (AvgIpc) is 2.99. The zero-order valence-electron chi connectivity index (χ0n) is 8.03. The molecule has 1 aliphatic rings. The number of benzene rings is 1. The highest BCUT2D eigenvalue weighted by Crippen LogP contribution is 2.30. The number of carbonyl (C=O) groups excluding carboxylic acids is 1. The maximum absolute atomic E-state index is 11.5. The molecule has 1 unspecified atom stereocenters. The maximum atomic E-state index is 11.5. The fraction of sp³-hybridized carbons (Fsp3) is 0.364. The van der Waals surface area contributed by atoms with Crippen LogP contribution in [0.4, 0.5) is 0 Å². The van der Waals surface area contributed by atoms with Crippen molar-refractivity contribution in [1.82, 2.24) is 0 Å². The number of hydrogen-bond acceptors (Lipinski definition) is 3. The molecule has 1 aromatic rings. The molecular formula is C11H12O2S. The van der Waals surface area contributed by atoms with Crippen LogP contribution in [-0.4, -0.2) is 23.6 Å². The second-order valence-corrected chi connectivity index (χ2v) is 4.75. The molecule has 2 rings (SSSR count). The van der Waals surface area contributed by atoms with Crippen molar-refractivity contribution in [3.05, 3.63) is 35.4 Å². The van der Waals surface area contributed by atoms with Crippen LogP contribution in [0, 0.1) is 6.92 Å². The van der Waals surface area contributed by atoms with Crippen molar-refractivity contribution < 1.29 is 9.53 Å². The molecule has 0 amide bonds. The second kappa shape index (κ2) is 4.05. The predicted molar refractivity (Wildman–Crippen MR) is 57.7 cm³/mol. The van der Waals surface area contributed by atoms with Crippen LogP contribution in [-0.2, 0) is 4.74 Å². The summed E-state index contributed by atoms with van der Waals surface area (Å²) >= 11 is 1.83. The van der Waals surface area contributed by atoms with E-state index in [0.29, 0.717) is 17.4 Å². The van der Waals surface area contributed by atoms with E-state index in [9.17, 15) is 4.79 Å². The lowest BCUT2D eigenvalue weighted by molar-refractivity contribution is 0.0517. The number of aryl methyl sites for hydroxylation is 1. The van der Waals surface area contributed by atoms with E-state index in [1.54, 1.807) is 12.1 Å². The summed E-state index contributed by atoms with van der Waals surface area (Å²) in [4.78, 5) is 11.5. The fourth-order valence-corrected chi connectivity index (χ4v) is 1.50. The highest BCUT2D eigenvalue weighted by Gasteiger charge is 2.24. The summed E-state index contributed by atoms with van der Waals surface area (Å²) < 4.78 is 5.13. The lowest BCUT2D eigenvalue weighted by Crippen LogP contribution is -2.09. The minimum absolute atomic E-state index is 0.211. The summed E-state index contributed by atoms with van der Waals surface area (Å²) in [5.74, 6) is 0.916. The summed E-state index contributed by atoms with van der Waals surface area (Å²) in [6.45, 7) is 2.55. The molecule has 1 saturated heterocycles. The van der Waals surface area contributed by atoms with E-state index in [1.807, 2.05) is 30.8 Å². The van der Waals surface area contributed by atoms with Gasteiger partial charge in [-0.15, -0.1) is 0 Å². The summed E-state index contributed by atoms with van der Waals surface area (Å²) in [6.07, 6.45) is 0. The SMILES string of the molecule is Cc1ccc(C(=O)OCC2CS2)cc1. The summed E-state index contributed by atoms with van der Waals surface area (Å²) in [5.41, 5.74) is 1.79. The van der Waals surface area contributed by atoms with Crippen LogP contribution in [0.25, 0.3) is 0 Å². The van der Waals surface area contributed by atoms with Gasteiger partial charge in [0.05, 0.1) is 5.56 Å². The molecule has 1 heterocycles. The zero-order chi connectivity index (χ0) is 9.97. The van der Waals surface area contributed by atoms with Crippen molar-refractivity contribution in [3.63, 3.8) is 0 Å². The van der Waals surface area contributed by atoms with Crippen LogP contribution in [0.2, 0.25) is 0 Å². The number of thioether (sulfide) groups is 1. The van der Waals surface area contributed by atoms with Gasteiger partial charge in [-0.2, -0.15) is 11.8 Å². The summed E-state index contributed by atoms with van der Waals surface area (Å²) in [6, 6.07) is 7.44. The molecule has 0 N–H and O–H groups in total. The van der Waals surface area contributed by atoms with Crippen LogP contribution in [0.3, 0.4) is 0 Å². The Morgan fingerprint density at radius 3 is 2.71 bits per heavy atom. The Balaban J connectivity index is 1.92. The summed E-state index contributed by atoms with van der Waals surface area (Å²) in [5, 5.41) is 0.546. The van der Waals surface area contributed by atoms with Gasteiger partial charge in [0, 0.05) is 11.0 Å². The van der Waals surface area contributed by atoms with Crippen molar-refractivity contribution in [2.24, 2.45) is 0 Å². The predicted octanol–water partition coefficient (Wildman–Crippen LogP) is 2.27. The third-order valence-corrected chi connectivity index (χ3v) is 3.03. The Labute approximate surface area is 87.6 Å². The molecule has 0 aliphatic carbocycles. The zero-order valence-corrected chi connectivity index (χ0v) is 8.84. The first kappa shape index (κ1) is 9.59. The van der Waals surface area contributed by atoms with E-state index < -0.39 is 0 Å². The number of hydrogen-bond donors (Lipinski definition) is 0. The molecule has 2 nitrogen and oxygen atoms in total. The molecule has 74 valence electrons. The van der Waals surface area contributed by atoms with Crippen molar-refractivity contribution in [1.29, 1.82) is 0 Å². The first-order valence-corrected chi connectivity index (χ1v) is 5.66. The van der Waals surface area contributed by atoms with Gasteiger partial charge in [-0.25, -0.2) is 4.79 Å². The van der Waals surface area contributed by atoms with E-state index in [-0.39, 0.29) is 5.97 Å². The lowest BCUT2D eigenvalue weighted by atomic mass is 10.1. The molecule has 0 saturated carbocycles. The maximum Gasteiger partial charge on any atom is 0.338 e. The molecule has 3 heteroatoms. The van der Waals surface area contributed by atoms with Crippen LogP contribution in [0.5, 0.6) is 0 Å². The van der Waals surface area contributed by atoms with Gasteiger partial charge in [-0.1, -0.05) is 17.7 Å². The Hall–Kier alpha value is -0.960. The lowest BCUT2D eigenvalue weighted by Gasteiger charge is -2.02. The van der Waals surface area contributed by atoms with Gasteiger partial charge in [0.15, 0.2) is 0 Å². The number of rotatable bonds is 3. The second-order valence-electron chi connectivity index (χ2n) is 3.42. The van der Waals surface area contributed by atoms with Crippen LogP contribution >= 0.6 is 11.8 Å². The van der Waals surface area contributed by atoms with Crippen molar-refractivity contribution in [2.45, 2.75) is 12.2 Å². The molecular weight excluding hydrogens is 196 g/mol. The van der Waals surface area contributed by atoms with Gasteiger partial charge in [-0.3, -0.25) is 0 Å². The largest absolute Gasteiger partial charge is 0.461 e. The Kier molecular flexibility index (Phi) is 2.77.